The van der Waals surface area contributed by atoms with Gasteiger partial charge in [-0.05, 0) is 42.0 Å². The third-order valence-corrected chi connectivity index (χ3v) is 5.00. The quantitative estimate of drug-likeness (QED) is 0.875. The molecule has 0 radical (unpaired) electrons. The van der Waals surface area contributed by atoms with E-state index in [1.807, 2.05) is 17.8 Å². The van der Waals surface area contributed by atoms with Gasteiger partial charge in [-0.15, -0.1) is 0 Å². The summed E-state index contributed by atoms with van der Waals surface area (Å²) in [5, 5.41) is 8.58. The van der Waals surface area contributed by atoms with Crippen LogP contribution < -0.4 is 10.5 Å². The minimum atomic E-state index is -3.60. The van der Waals surface area contributed by atoms with Crippen molar-refractivity contribution >= 4 is 21.8 Å². The van der Waals surface area contributed by atoms with Crippen molar-refractivity contribution in [3.8, 4) is 0 Å². The van der Waals surface area contributed by atoms with Crippen LogP contribution in [0.25, 0.3) is 0 Å². The fraction of sp³-hybridized carbons (Fsp3) is 0.500. The highest BCUT2D eigenvalue weighted by atomic mass is 32.2. The first-order valence-electron chi connectivity index (χ1n) is 5.98. The number of sulfonamides is 1. The summed E-state index contributed by atoms with van der Waals surface area (Å²) in [6.07, 6.45) is 2.36. The molecule has 1 aliphatic heterocycles. The van der Waals surface area contributed by atoms with Crippen LogP contribution in [0, 0.1) is 0 Å². The predicted octanol–water partition coefficient (Wildman–Crippen LogP) is 1.32. The van der Waals surface area contributed by atoms with Gasteiger partial charge in [0.1, 0.15) is 0 Å². The summed E-state index contributed by atoms with van der Waals surface area (Å²) >= 11 is 1.99. The van der Waals surface area contributed by atoms with E-state index in [9.17, 15) is 8.42 Å². The molecule has 4 nitrogen and oxygen atoms in total. The Morgan fingerprint density at radius 3 is 2.72 bits per heavy atom. The molecular formula is C12H18N2O2S2. The topological polar surface area (TPSA) is 72.2 Å². The van der Waals surface area contributed by atoms with Gasteiger partial charge in [-0.3, -0.25) is 0 Å². The molecule has 0 saturated carbocycles. The van der Waals surface area contributed by atoms with E-state index in [-0.39, 0.29) is 4.90 Å². The van der Waals surface area contributed by atoms with Gasteiger partial charge >= 0.3 is 0 Å². The van der Waals surface area contributed by atoms with E-state index >= 15 is 0 Å². The van der Waals surface area contributed by atoms with Crippen molar-refractivity contribution in [2.45, 2.75) is 30.3 Å². The van der Waals surface area contributed by atoms with Crippen molar-refractivity contribution in [3.63, 3.8) is 0 Å². The molecule has 0 atom stereocenters. The molecular weight excluding hydrogens is 268 g/mol. The van der Waals surface area contributed by atoms with E-state index in [1.54, 1.807) is 12.1 Å². The third-order valence-electron chi connectivity index (χ3n) is 3.04. The van der Waals surface area contributed by atoms with Crippen LogP contribution in [-0.4, -0.2) is 26.0 Å². The fourth-order valence-electron chi connectivity index (χ4n) is 2.00. The zero-order chi connectivity index (χ0) is 13.0. The monoisotopic (exact) mass is 286 g/mol. The molecule has 3 N–H and O–H groups in total. The maximum atomic E-state index is 11.2. The summed E-state index contributed by atoms with van der Waals surface area (Å²) in [5.41, 5.74) is 0.958. The lowest BCUT2D eigenvalue weighted by Gasteiger charge is -2.22. The van der Waals surface area contributed by atoms with Crippen molar-refractivity contribution in [2.24, 2.45) is 5.14 Å². The maximum absolute atomic E-state index is 11.2. The van der Waals surface area contributed by atoms with E-state index in [1.165, 1.54) is 30.4 Å². The Balaban J connectivity index is 1.97. The van der Waals surface area contributed by atoms with E-state index in [4.69, 9.17) is 5.14 Å². The standard InChI is InChI=1S/C12H18N2O2S2/c13-18(15,16)12-3-1-2-10(8-12)9-14-11-4-6-17-7-5-11/h1-3,8,11,14H,4-7,9H2,(H2,13,15,16). The Morgan fingerprint density at radius 2 is 2.06 bits per heavy atom. The third kappa shape index (κ3) is 3.98. The Labute approximate surface area is 112 Å². The summed E-state index contributed by atoms with van der Waals surface area (Å²) in [4.78, 5) is 0.181. The summed E-state index contributed by atoms with van der Waals surface area (Å²) in [5.74, 6) is 2.41. The van der Waals surface area contributed by atoms with Crippen LogP contribution in [0.15, 0.2) is 29.2 Å². The molecule has 1 aliphatic rings. The second kappa shape index (κ2) is 6.06. The lowest BCUT2D eigenvalue weighted by Crippen LogP contribution is -2.32. The average molecular weight is 286 g/mol. The number of benzene rings is 1. The molecule has 1 heterocycles. The van der Waals surface area contributed by atoms with Crippen LogP contribution in [0.1, 0.15) is 18.4 Å². The van der Waals surface area contributed by atoms with Gasteiger partial charge in [0.2, 0.25) is 10.0 Å². The molecule has 0 unspecified atom stereocenters. The van der Waals surface area contributed by atoms with Crippen LogP contribution in [0.5, 0.6) is 0 Å². The minimum Gasteiger partial charge on any atom is -0.310 e. The molecule has 2 rings (SSSR count). The number of nitrogens with one attached hydrogen (secondary N) is 1. The van der Waals surface area contributed by atoms with Crippen molar-refractivity contribution in [2.75, 3.05) is 11.5 Å². The zero-order valence-electron chi connectivity index (χ0n) is 10.1. The van der Waals surface area contributed by atoms with E-state index in [0.717, 1.165) is 5.56 Å². The van der Waals surface area contributed by atoms with Gasteiger partial charge in [-0.1, -0.05) is 12.1 Å². The van der Waals surface area contributed by atoms with Crippen molar-refractivity contribution in [1.29, 1.82) is 0 Å². The van der Waals surface area contributed by atoms with Crippen LogP contribution >= 0.6 is 11.8 Å². The highest BCUT2D eigenvalue weighted by Crippen LogP contribution is 2.17. The largest absolute Gasteiger partial charge is 0.310 e. The first-order valence-corrected chi connectivity index (χ1v) is 8.69. The number of rotatable bonds is 4. The van der Waals surface area contributed by atoms with Crippen LogP contribution in [0.3, 0.4) is 0 Å². The second-order valence-electron chi connectivity index (χ2n) is 4.46. The van der Waals surface area contributed by atoms with Gasteiger partial charge in [0.15, 0.2) is 0 Å². The number of thioether (sulfide) groups is 1. The lowest BCUT2D eigenvalue weighted by atomic mass is 10.1. The smallest absolute Gasteiger partial charge is 0.238 e. The highest BCUT2D eigenvalue weighted by Gasteiger charge is 2.13. The minimum absolute atomic E-state index is 0.181. The maximum Gasteiger partial charge on any atom is 0.238 e. The number of primary sulfonamides is 1. The first kappa shape index (κ1) is 13.9. The molecule has 1 saturated heterocycles. The average Bonchev–Trinajstić information content (AvgIpc) is 2.37. The SMILES string of the molecule is NS(=O)(=O)c1cccc(CNC2CCSCC2)c1. The Bertz CT molecular complexity index is 497. The molecule has 0 spiro atoms. The van der Waals surface area contributed by atoms with Crippen molar-refractivity contribution in [1.82, 2.24) is 5.32 Å². The lowest BCUT2D eigenvalue weighted by molar-refractivity contribution is 0.482. The van der Waals surface area contributed by atoms with Gasteiger partial charge in [-0.25, -0.2) is 13.6 Å². The molecule has 0 aliphatic carbocycles. The Morgan fingerprint density at radius 1 is 1.33 bits per heavy atom. The number of hydrogen-bond acceptors (Lipinski definition) is 4. The number of nitrogens with two attached hydrogens (primary N) is 1. The summed E-state index contributed by atoms with van der Waals surface area (Å²) < 4.78 is 22.5. The molecule has 18 heavy (non-hydrogen) atoms. The molecule has 1 aromatic carbocycles. The molecule has 0 amide bonds. The molecule has 100 valence electrons. The van der Waals surface area contributed by atoms with Crippen molar-refractivity contribution in [3.05, 3.63) is 29.8 Å². The van der Waals surface area contributed by atoms with Crippen LogP contribution in [0.2, 0.25) is 0 Å². The molecule has 0 aromatic heterocycles. The van der Waals surface area contributed by atoms with E-state index in [0.29, 0.717) is 12.6 Å². The molecule has 6 heteroatoms. The van der Waals surface area contributed by atoms with Gasteiger partial charge in [0, 0.05) is 12.6 Å². The summed E-state index contributed by atoms with van der Waals surface area (Å²) in [6.45, 7) is 0.693. The highest BCUT2D eigenvalue weighted by molar-refractivity contribution is 7.99. The molecule has 1 aromatic rings. The van der Waals surface area contributed by atoms with E-state index < -0.39 is 10.0 Å². The molecule has 0 bridgehead atoms. The first-order chi connectivity index (χ1) is 8.55. The summed E-state index contributed by atoms with van der Waals surface area (Å²) in [6, 6.07) is 7.35. The van der Waals surface area contributed by atoms with Gasteiger partial charge in [-0.2, -0.15) is 11.8 Å². The van der Waals surface area contributed by atoms with Crippen LogP contribution in [-0.2, 0) is 16.6 Å². The van der Waals surface area contributed by atoms with Gasteiger partial charge in [0.25, 0.3) is 0 Å². The van der Waals surface area contributed by atoms with Crippen molar-refractivity contribution < 1.29 is 8.42 Å². The second-order valence-corrected chi connectivity index (χ2v) is 7.25. The van der Waals surface area contributed by atoms with Crippen LogP contribution in [0.4, 0.5) is 0 Å². The fourth-order valence-corrected chi connectivity index (χ4v) is 3.69. The Kier molecular flexibility index (Phi) is 4.66. The molecule has 1 fully saturated rings. The Hall–Kier alpha value is -0.560. The van der Waals surface area contributed by atoms with E-state index in [2.05, 4.69) is 5.32 Å². The predicted molar refractivity (Wildman–Crippen MR) is 75.0 cm³/mol. The number of hydrogen-bond donors (Lipinski definition) is 2. The summed E-state index contributed by atoms with van der Waals surface area (Å²) in [7, 11) is -3.60. The normalized spacial score (nSPS) is 17.8. The zero-order valence-corrected chi connectivity index (χ0v) is 11.8. The van der Waals surface area contributed by atoms with Gasteiger partial charge < -0.3 is 5.32 Å². The van der Waals surface area contributed by atoms with Gasteiger partial charge in [0.05, 0.1) is 4.90 Å².